The number of hydrogen-bond donors (Lipinski definition) is 1. The molecular formula is C21H26O5. The number of carboxylic acids is 1. The fourth-order valence-corrected chi connectivity index (χ4v) is 2.54. The minimum Gasteiger partial charge on any atom is -0.490 e. The molecule has 0 unspecified atom stereocenters. The average molecular weight is 358 g/mol. The normalized spacial score (nSPS) is 11.1. The van der Waals surface area contributed by atoms with Gasteiger partial charge in [-0.15, -0.1) is 0 Å². The molecule has 140 valence electrons. The van der Waals surface area contributed by atoms with Crippen LogP contribution in [0.5, 0.6) is 17.2 Å². The molecular weight excluding hydrogens is 332 g/mol. The van der Waals surface area contributed by atoms with Gasteiger partial charge in [-0.1, -0.05) is 39.0 Å². The third-order valence-electron chi connectivity index (χ3n) is 3.78. The van der Waals surface area contributed by atoms with E-state index in [1.807, 2.05) is 25.1 Å². The molecule has 0 fully saturated rings. The van der Waals surface area contributed by atoms with E-state index < -0.39 is 5.97 Å². The van der Waals surface area contributed by atoms with E-state index in [1.165, 1.54) is 12.1 Å². The lowest BCUT2D eigenvalue weighted by Gasteiger charge is -2.22. The van der Waals surface area contributed by atoms with Crippen molar-refractivity contribution in [3.05, 3.63) is 53.6 Å². The first-order valence-electron chi connectivity index (χ1n) is 8.68. The summed E-state index contributed by atoms with van der Waals surface area (Å²) in [5, 5.41) is 9.08. The Kier molecular flexibility index (Phi) is 6.50. The molecule has 0 aliphatic carbocycles. The first-order chi connectivity index (χ1) is 12.3. The SMILES string of the molecule is CCOc1cc(C(=O)O)ccc1OCCOc1ccccc1C(C)(C)C. The molecule has 0 aromatic heterocycles. The van der Waals surface area contributed by atoms with Gasteiger partial charge in [-0.3, -0.25) is 0 Å². The lowest BCUT2D eigenvalue weighted by atomic mass is 9.86. The third kappa shape index (κ3) is 5.15. The van der Waals surface area contributed by atoms with E-state index in [4.69, 9.17) is 19.3 Å². The van der Waals surface area contributed by atoms with Crippen LogP contribution in [0, 0.1) is 0 Å². The Balaban J connectivity index is 2.00. The van der Waals surface area contributed by atoms with Gasteiger partial charge >= 0.3 is 5.97 Å². The summed E-state index contributed by atoms with van der Waals surface area (Å²) in [4.78, 5) is 11.1. The summed E-state index contributed by atoms with van der Waals surface area (Å²) < 4.78 is 17.1. The lowest BCUT2D eigenvalue weighted by molar-refractivity contribution is 0.0696. The number of aromatic carboxylic acids is 1. The quantitative estimate of drug-likeness (QED) is 0.702. The molecule has 0 atom stereocenters. The highest BCUT2D eigenvalue weighted by atomic mass is 16.5. The molecule has 0 radical (unpaired) electrons. The molecule has 0 saturated carbocycles. The summed E-state index contributed by atoms with van der Waals surface area (Å²) in [5.41, 5.74) is 1.30. The van der Waals surface area contributed by atoms with Crippen molar-refractivity contribution in [3.63, 3.8) is 0 Å². The van der Waals surface area contributed by atoms with Gasteiger partial charge in [0.05, 0.1) is 12.2 Å². The molecule has 0 bridgehead atoms. The van der Waals surface area contributed by atoms with Crippen molar-refractivity contribution in [1.82, 2.24) is 0 Å². The second-order valence-electron chi connectivity index (χ2n) is 6.84. The first kappa shape index (κ1) is 19.6. The summed E-state index contributed by atoms with van der Waals surface area (Å²) in [6.45, 7) is 9.39. The van der Waals surface area contributed by atoms with Gasteiger partial charge < -0.3 is 19.3 Å². The maximum Gasteiger partial charge on any atom is 0.335 e. The van der Waals surface area contributed by atoms with Gasteiger partial charge in [0.2, 0.25) is 0 Å². The number of carbonyl (C=O) groups is 1. The maximum atomic E-state index is 11.1. The van der Waals surface area contributed by atoms with Gasteiger partial charge in [-0.2, -0.15) is 0 Å². The van der Waals surface area contributed by atoms with Gasteiger partial charge in [-0.05, 0) is 42.2 Å². The Morgan fingerprint density at radius 1 is 0.923 bits per heavy atom. The summed E-state index contributed by atoms with van der Waals surface area (Å²) in [6.07, 6.45) is 0. The van der Waals surface area contributed by atoms with Crippen molar-refractivity contribution >= 4 is 5.97 Å². The topological polar surface area (TPSA) is 65.0 Å². The number of para-hydroxylation sites is 1. The van der Waals surface area contributed by atoms with Gasteiger partial charge in [0.1, 0.15) is 19.0 Å². The molecule has 0 saturated heterocycles. The zero-order valence-electron chi connectivity index (χ0n) is 15.7. The van der Waals surface area contributed by atoms with Crippen molar-refractivity contribution in [3.8, 4) is 17.2 Å². The molecule has 5 nitrogen and oxygen atoms in total. The van der Waals surface area contributed by atoms with Crippen molar-refractivity contribution in [2.45, 2.75) is 33.1 Å². The van der Waals surface area contributed by atoms with E-state index in [-0.39, 0.29) is 11.0 Å². The Morgan fingerprint density at radius 2 is 1.58 bits per heavy atom. The van der Waals surface area contributed by atoms with Crippen LogP contribution in [0.4, 0.5) is 0 Å². The van der Waals surface area contributed by atoms with Crippen LogP contribution in [-0.2, 0) is 5.41 Å². The minimum atomic E-state index is -1.00. The molecule has 0 aliphatic rings. The Hall–Kier alpha value is -2.69. The predicted octanol–water partition coefficient (Wildman–Crippen LogP) is 4.54. The van der Waals surface area contributed by atoms with E-state index in [1.54, 1.807) is 6.07 Å². The second-order valence-corrected chi connectivity index (χ2v) is 6.84. The maximum absolute atomic E-state index is 11.1. The summed E-state index contributed by atoms with van der Waals surface area (Å²) in [6, 6.07) is 12.5. The molecule has 2 rings (SSSR count). The zero-order valence-corrected chi connectivity index (χ0v) is 15.7. The highest BCUT2D eigenvalue weighted by Crippen LogP contribution is 2.31. The second kappa shape index (κ2) is 8.61. The van der Waals surface area contributed by atoms with Gasteiger partial charge in [-0.25, -0.2) is 4.79 Å². The van der Waals surface area contributed by atoms with Crippen LogP contribution in [-0.4, -0.2) is 30.9 Å². The Labute approximate surface area is 154 Å². The zero-order chi connectivity index (χ0) is 19.2. The first-order valence-corrected chi connectivity index (χ1v) is 8.68. The fourth-order valence-electron chi connectivity index (χ4n) is 2.54. The minimum absolute atomic E-state index is 0.00769. The number of ether oxygens (including phenoxy) is 3. The largest absolute Gasteiger partial charge is 0.490 e. The molecule has 2 aromatic carbocycles. The molecule has 26 heavy (non-hydrogen) atoms. The predicted molar refractivity (Wildman–Crippen MR) is 101 cm³/mol. The fraction of sp³-hybridized carbons (Fsp3) is 0.381. The number of carboxylic acid groups (broad SMARTS) is 1. The van der Waals surface area contributed by atoms with E-state index >= 15 is 0 Å². The van der Waals surface area contributed by atoms with Crippen LogP contribution in [0.3, 0.4) is 0 Å². The van der Waals surface area contributed by atoms with Gasteiger partial charge in [0.25, 0.3) is 0 Å². The molecule has 0 aliphatic heterocycles. The summed E-state index contributed by atoms with van der Waals surface area (Å²) in [7, 11) is 0. The summed E-state index contributed by atoms with van der Waals surface area (Å²) >= 11 is 0. The molecule has 1 N–H and O–H groups in total. The molecule has 0 amide bonds. The van der Waals surface area contributed by atoms with Crippen LogP contribution in [0.1, 0.15) is 43.6 Å². The standard InChI is InChI=1S/C21H26O5/c1-5-24-19-14-15(20(22)23)10-11-18(19)26-13-12-25-17-9-7-6-8-16(17)21(2,3)4/h6-11,14H,5,12-13H2,1-4H3,(H,22,23). The van der Waals surface area contributed by atoms with Crippen molar-refractivity contribution in [1.29, 1.82) is 0 Å². The van der Waals surface area contributed by atoms with Crippen LogP contribution in [0.2, 0.25) is 0 Å². The van der Waals surface area contributed by atoms with Gasteiger partial charge in [0, 0.05) is 0 Å². The van der Waals surface area contributed by atoms with Crippen LogP contribution in [0.25, 0.3) is 0 Å². The highest BCUT2D eigenvalue weighted by molar-refractivity contribution is 5.88. The van der Waals surface area contributed by atoms with Crippen molar-refractivity contribution < 1.29 is 24.1 Å². The van der Waals surface area contributed by atoms with E-state index in [0.717, 1.165) is 11.3 Å². The molecule has 0 spiro atoms. The highest BCUT2D eigenvalue weighted by Gasteiger charge is 2.18. The van der Waals surface area contributed by atoms with Crippen LogP contribution in [0.15, 0.2) is 42.5 Å². The van der Waals surface area contributed by atoms with E-state index in [2.05, 4.69) is 26.8 Å². The average Bonchev–Trinajstić information content (AvgIpc) is 2.59. The summed E-state index contributed by atoms with van der Waals surface area (Å²) in [5.74, 6) is 0.765. The van der Waals surface area contributed by atoms with Gasteiger partial charge in [0.15, 0.2) is 11.5 Å². The number of benzene rings is 2. The van der Waals surface area contributed by atoms with E-state index in [0.29, 0.717) is 31.3 Å². The van der Waals surface area contributed by atoms with Crippen molar-refractivity contribution in [2.75, 3.05) is 19.8 Å². The third-order valence-corrected chi connectivity index (χ3v) is 3.78. The number of rotatable bonds is 8. The number of hydrogen-bond acceptors (Lipinski definition) is 4. The van der Waals surface area contributed by atoms with Crippen molar-refractivity contribution in [2.24, 2.45) is 0 Å². The Bertz CT molecular complexity index is 746. The monoisotopic (exact) mass is 358 g/mol. The molecule has 5 heteroatoms. The smallest absolute Gasteiger partial charge is 0.335 e. The van der Waals surface area contributed by atoms with Crippen LogP contribution < -0.4 is 14.2 Å². The lowest BCUT2D eigenvalue weighted by Crippen LogP contribution is -2.16. The Morgan fingerprint density at radius 3 is 2.19 bits per heavy atom. The molecule has 0 heterocycles. The van der Waals surface area contributed by atoms with Crippen LogP contribution >= 0.6 is 0 Å². The molecule has 2 aromatic rings. The van der Waals surface area contributed by atoms with E-state index in [9.17, 15) is 4.79 Å².